The Bertz CT molecular complexity index is 999. The van der Waals surface area contributed by atoms with Crippen molar-refractivity contribution < 1.29 is 9.53 Å². The van der Waals surface area contributed by atoms with Gasteiger partial charge in [0.2, 0.25) is 5.91 Å². The van der Waals surface area contributed by atoms with Gasteiger partial charge < -0.3 is 14.6 Å². The fraction of sp³-hybridized carbons (Fsp3) is 0.174. The lowest BCUT2D eigenvalue weighted by atomic mass is 10.0. The molecule has 0 atom stereocenters. The van der Waals surface area contributed by atoms with Gasteiger partial charge in [-0.15, -0.1) is 0 Å². The average Bonchev–Trinajstić information content (AvgIpc) is 3.09. The number of carbonyl (C=O) groups excluding carboxylic acids is 1. The maximum Gasteiger partial charge on any atom is 0.246 e. The quantitative estimate of drug-likeness (QED) is 0.545. The summed E-state index contributed by atoms with van der Waals surface area (Å²) in [6, 6.07) is 15.9. The van der Waals surface area contributed by atoms with E-state index in [1.54, 1.807) is 12.2 Å². The number of amides is 1. The van der Waals surface area contributed by atoms with Crippen molar-refractivity contribution in [1.29, 1.82) is 0 Å². The molecule has 0 fully saturated rings. The van der Waals surface area contributed by atoms with Gasteiger partial charge in [-0.05, 0) is 29.8 Å². The van der Waals surface area contributed by atoms with Gasteiger partial charge in [-0.2, -0.15) is 0 Å². The second kappa shape index (κ2) is 7.54. The predicted molar refractivity (Wildman–Crippen MR) is 109 cm³/mol. The lowest BCUT2D eigenvalue weighted by Crippen LogP contribution is -2.34. The van der Waals surface area contributed by atoms with Crippen molar-refractivity contribution in [2.24, 2.45) is 0 Å². The zero-order chi connectivity index (χ0) is 18.6. The molecule has 1 N–H and O–H groups in total. The Labute approximate surface area is 158 Å². The van der Waals surface area contributed by atoms with Gasteiger partial charge in [0, 0.05) is 47.7 Å². The number of benzene rings is 2. The topological polar surface area (TPSA) is 45.3 Å². The Balaban J connectivity index is 1.44. The molecule has 0 aliphatic carbocycles. The Hall–Kier alpha value is -3.27. The lowest BCUT2D eigenvalue weighted by molar-refractivity contribution is -0.126. The molecular formula is C23H22N2O2. The van der Waals surface area contributed by atoms with E-state index in [2.05, 4.69) is 23.7 Å². The SMILES string of the molecule is C=CCOc1ccc(/C=C/C(=O)N2CCc3[nH]c4ccccc4c3C2)cc1. The summed E-state index contributed by atoms with van der Waals surface area (Å²) in [5, 5.41) is 1.21. The van der Waals surface area contributed by atoms with Crippen molar-refractivity contribution >= 4 is 22.9 Å². The zero-order valence-electron chi connectivity index (χ0n) is 15.2. The van der Waals surface area contributed by atoms with Crippen LogP contribution in [0.3, 0.4) is 0 Å². The molecule has 4 nitrogen and oxygen atoms in total. The molecule has 4 heteroatoms. The number of aromatic nitrogens is 1. The molecular weight excluding hydrogens is 336 g/mol. The Morgan fingerprint density at radius 2 is 2.00 bits per heavy atom. The van der Waals surface area contributed by atoms with Gasteiger partial charge in [0.1, 0.15) is 12.4 Å². The zero-order valence-corrected chi connectivity index (χ0v) is 15.2. The third-order valence-corrected chi connectivity index (χ3v) is 4.86. The molecule has 0 saturated heterocycles. The summed E-state index contributed by atoms with van der Waals surface area (Å²) in [4.78, 5) is 18.0. The molecule has 0 radical (unpaired) electrons. The molecule has 1 aromatic heterocycles. The number of rotatable bonds is 5. The number of H-pyrrole nitrogens is 1. The fourth-order valence-electron chi connectivity index (χ4n) is 3.46. The van der Waals surface area contributed by atoms with Gasteiger partial charge in [0.25, 0.3) is 0 Å². The second-order valence-corrected chi connectivity index (χ2v) is 6.64. The van der Waals surface area contributed by atoms with Crippen LogP contribution in [0.5, 0.6) is 5.75 Å². The van der Waals surface area contributed by atoms with Crippen LogP contribution in [0.25, 0.3) is 17.0 Å². The maximum atomic E-state index is 12.6. The minimum absolute atomic E-state index is 0.0397. The molecule has 2 heterocycles. The highest BCUT2D eigenvalue weighted by atomic mass is 16.5. The highest BCUT2D eigenvalue weighted by Gasteiger charge is 2.22. The maximum absolute atomic E-state index is 12.6. The highest BCUT2D eigenvalue weighted by Crippen LogP contribution is 2.27. The van der Waals surface area contributed by atoms with Gasteiger partial charge in [-0.1, -0.05) is 43.0 Å². The van der Waals surface area contributed by atoms with Gasteiger partial charge in [-0.25, -0.2) is 0 Å². The van der Waals surface area contributed by atoms with Gasteiger partial charge >= 0.3 is 0 Å². The summed E-state index contributed by atoms with van der Waals surface area (Å²) in [5.74, 6) is 0.833. The minimum Gasteiger partial charge on any atom is -0.490 e. The summed E-state index contributed by atoms with van der Waals surface area (Å²) in [6.07, 6.45) is 6.08. The van der Waals surface area contributed by atoms with Crippen molar-refractivity contribution in [3.05, 3.63) is 84.1 Å². The number of hydrogen-bond acceptors (Lipinski definition) is 2. The molecule has 27 heavy (non-hydrogen) atoms. The molecule has 0 spiro atoms. The van der Waals surface area contributed by atoms with Crippen molar-refractivity contribution in [3.63, 3.8) is 0 Å². The van der Waals surface area contributed by atoms with E-state index in [1.165, 1.54) is 16.6 Å². The number of aromatic amines is 1. The van der Waals surface area contributed by atoms with Crippen LogP contribution in [0.15, 0.2) is 67.3 Å². The summed E-state index contributed by atoms with van der Waals surface area (Å²) in [5.41, 5.74) is 4.60. The van der Waals surface area contributed by atoms with Crippen molar-refractivity contribution in [2.75, 3.05) is 13.2 Å². The van der Waals surface area contributed by atoms with Crippen LogP contribution in [0.2, 0.25) is 0 Å². The van der Waals surface area contributed by atoms with E-state index in [0.717, 1.165) is 29.8 Å². The van der Waals surface area contributed by atoms with Crippen molar-refractivity contribution in [3.8, 4) is 5.75 Å². The van der Waals surface area contributed by atoms with Crippen LogP contribution in [-0.4, -0.2) is 28.9 Å². The summed E-state index contributed by atoms with van der Waals surface area (Å²) in [7, 11) is 0. The molecule has 4 rings (SSSR count). The Morgan fingerprint density at radius 1 is 1.19 bits per heavy atom. The number of para-hydroxylation sites is 1. The molecule has 1 amide bonds. The third-order valence-electron chi connectivity index (χ3n) is 4.86. The van der Waals surface area contributed by atoms with Gasteiger partial charge in [-0.3, -0.25) is 4.79 Å². The number of ether oxygens (including phenoxy) is 1. The van der Waals surface area contributed by atoms with E-state index < -0.39 is 0 Å². The number of fused-ring (bicyclic) bond motifs is 3. The van der Waals surface area contributed by atoms with Gasteiger partial charge in [0.15, 0.2) is 0 Å². The number of nitrogens with one attached hydrogen (secondary N) is 1. The van der Waals surface area contributed by atoms with E-state index in [-0.39, 0.29) is 5.91 Å². The molecule has 0 saturated carbocycles. The van der Waals surface area contributed by atoms with Crippen LogP contribution >= 0.6 is 0 Å². The van der Waals surface area contributed by atoms with E-state index in [1.807, 2.05) is 47.4 Å². The standard InChI is InChI=1S/C23H22N2O2/c1-2-15-27-18-10-7-17(8-11-18)9-12-23(26)25-14-13-22-20(16-25)19-5-3-4-6-21(19)24-22/h2-12,24H,1,13-16H2/b12-9+. The van der Waals surface area contributed by atoms with Crippen molar-refractivity contribution in [2.45, 2.75) is 13.0 Å². The van der Waals surface area contributed by atoms with Crippen LogP contribution in [-0.2, 0) is 17.8 Å². The summed E-state index contributed by atoms with van der Waals surface area (Å²) in [6.45, 7) is 5.50. The predicted octanol–water partition coefficient (Wildman–Crippen LogP) is 4.33. The number of carbonyl (C=O) groups is 1. The van der Waals surface area contributed by atoms with Gasteiger partial charge in [0.05, 0.1) is 0 Å². The molecule has 136 valence electrons. The smallest absolute Gasteiger partial charge is 0.246 e. The Kier molecular flexibility index (Phi) is 4.79. The molecule has 0 bridgehead atoms. The largest absolute Gasteiger partial charge is 0.490 e. The number of nitrogens with zero attached hydrogens (tertiary/aromatic N) is 1. The molecule has 3 aromatic rings. The average molecular weight is 358 g/mol. The molecule has 2 aromatic carbocycles. The van der Waals surface area contributed by atoms with Crippen LogP contribution in [0.4, 0.5) is 0 Å². The van der Waals surface area contributed by atoms with E-state index in [4.69, 9.17) is 4.74 Å². The highest BCUT2D eigenvalue weighted by molar-refractivity contribution is 5.93. The first-order chi connectivity index (χ1) is 13.2. The molecule has 0 unspecified atom stereocenters. The van der Waals surface area contributed by atoms with E-state index in [0.29, 0.717) is 13.2 Å². The molecule has 1 aliphatic rings. The monoisotopic (exact) mass is 358 g/mol. The normalized spacial score (nSPS) is 13.7. The first-order valence-corrected chi connectivity index (χ1v) is 9.14. The molecule has 1 aliphatic heterocycles. The minimum atomic E-state index is 0.0397. The van der Waals surface area contributed by atoms with E-state index >= 15 is 0 Å². The van der Waals surface area contributed by atoms with Crippen LogP contribution in [0.1, 0.15) is 16.8 Å². The van der Waals surface area contributed by atoms with Crippen LogP contribution < -0.4 is 4.74 Å². The first-order valence-electron chi connectivity index (χ1n) is 9.14. The Morgan fingerprint density at radius 3 is 2.81 bits per heavy atom. The first kappa shape index (κ1) is 17.2. The second-order valence-electron chi connectivity index (χ2n) is 6.64. The summed E-state index contributed by atoms with van der Waals surface area (Å²) < 4.78 is 5.47. The number of hydrogen-bond donors (Lipinski definition) is 1. The lowest BCUT2D eigenvalue weighted by Gasteiger charge is -2.26. The summed E-state index contributed by atoms with van der Waals surface area (Å²) >= 11 is 0. The third kappa shape index (κ3) is 3.65. The van der Waals surface area contributed by atoms with Crippen molar-refractivity contribution in [1.82, 2.24) is 9.88 Å². The van der Waals surface area contributed by atoms with E-state index in [9.17, 15) is 4.79 Å². The van der Waals surface area contributed by atoms with Crippen LogP contribution in [0, 0.1) is 0 Å². The fourth-order valence-corrected chi connectivity index (χ4v) is 3.46.